The third-order valence-corrected chi connectivity index (χ3v) is 4.07. The van der Waals surface area contributed by atoms with Gasteiger partial charge in [-0.25, -0.2) is 4.79 Å². The van der Waals surface area contributed by atoms with E-state index in [9.17, 15) is 14.7 Å². The predicted molar refractivity (Wildman–Crippen MR) is 81.6 cm³/mol. The molecule has 0 saturated carbocycles. The number of carboxylic acids is 1. The molecule has 114 valence electrons. The Balaban J connectivity index is 2.14. The van der Waals surface area contributed by atoms with Crippen LogP contribution in [0.1, 0.15) is 42.6 Å². The standard InChI is InChI=1S/C16H22N2O3/c1-3-10(2)14(16(20)21)18-15(19)12-6-7-13-11(9-12)5-4-8-17-13/h6-7,9-10,14,17H,3-5,8H2,1-2H3,(H,18,19)(H,20,21). The number of benzene rings is 1. The van der Waals surface area contributed by atoms with Gasteiger partial charge in [0, 0.05) is 17.8 Å². The molecule has 1 aliphatic heterocycles. The van der Waals surface area contributed by atoms with Crippen molar-refractivity contribution in [1.82, 2.24) is 5.32 Å². The van der Waals surface area contributed by atoms with Crippen molar-refractivity contribution in [2.24, 2.45) is 5.92 Å². The number of carbonyl (C=O) groups is 2. The highest BCUT2D eigenvalue weighted by Gasteiger charge is 2.26. The van der Waals surface area contributed by atoms with E-state index in [4.69, 9.17) is 0 Å². The third-order valence-electron chi connectivity index (χ3n) is 4.07. The molecule has 1 amide bonds. The molecule has 0 fully saturated rings. The molecule has 1 aliphatic rings. The average Bonchev–Trinajstić information content (AvgIpc) is 2.50. The summed E-state index contributed by atoms with van der Waals surface area (Å²) in [6, 6.07) is 4.63. The number of anilines is 1. The van der Waals surface area contributed by atoms with Gasteiger partial charge in [0.2, 0.25) is 0 Å². The van der Waals surface area contributed by atoms with Crippen molar-refractivity contribution in [2.75, 3.05) is 11.9 Å². The maximum Gasteiger partial charge on any atom is 0.326 e. The topological polar surface area (TPSA) is 78.4 Å². The van der Waals surface area contributed by atoms with Gasteiger partial charge >= 0.3 is 5.97 Å². The van der Waals surface area contributed by atoms with Gasteiger partial charge in [0.25, 0.3) is 5.91 Å². The first-order valence-electron chi connectivity index (χ1n) is 7.43. The number of hydrogen-bond donors (Lipinski definition) is 3. The zero-order chi connectivity index (χ0) is 15.4. The van der Waals surface area contributed by atoms with Crippen LogP contribution in [0.4, 0.5) is 5.69 Å². The van der Waals surface area contributed by atoms with E-state index in [1.54, 1.807) is 6.07 Å². The second-order valence-corrected chi connectivity index (χ2v) is 5.58. The Kier molecular flexibility index (Phi) is 4.83. The fraction of sp³-hybridized carbons (Fsp3) is 0.500. The molecular weight excluding hydrogens is 268 g/mol. The second kappa shape index (κ2) is 6.61. The Bertz CT molecular complexity index is 542. The minimum absolute atomic E-state index is 0.106. The van der Waals surface area contributed by atoms with Gasteiger partial charge in [0.05, 0.1) is 0 Å². The van der Waals surface area contributed by atoms with Gasteiger partial charge in [0.15, 0.2) is 0 Å². The Morgan fingerprint density at radius 3 is 2.86 bits per heavy atom. The molecule has 2 atom stereocenters. The monoisotopic (exact) mass is 290 g/mol. The van der Waals surface area contributed by atoms with Crippen LogP contribution in [0.3, 0.4) is 0 Å². The van der Waals surface area contributed by atoms with Crippen LogP contribution in [-0.4, -0.2) is 29.6 Å². The normalized spacial score (nSPS) is 16.3. The van der Waals surface area contributed by atoms with Gasteiger partial charge in [-0.2, -0.15) is 0 Å². The van der Waals surface area contributed by atoms with Crippen LogP contribution in [0, 0.1) is 5.92 Å². The lowest BCUT2D eigenvalue weighted by Gasteiger charge is -2.21. The zero-order valence-corrected chi connectivity index (χ0v) is 12.5. The highest BCUT2D eigenvalue weighted by Crippen LogP contribution is 2.23. The van der Waals surface area contributed by atoms with Crippen LogP contribution >= 0.6 is 0 Å². The maximum absolute atomic E-state index is 12.3. The number of aryl methyl sites for hydroxylation is 1. The molecular formula is C16H22N2O3. The van der Waals surface area contributed by atoms with Crippen LogP contribution in [0.2, 0.25) is 0 Å². The van der Waals surface area contributed by atoms with E-state index in [2.05, 4.69) is 10.6 Å². The van der Waals surface area contributed by atoms with Crippen molar-refractivity contribution in [1.29, 1.82) is 0 Å². The summed E-state index contributed by atoms with van der Waals surface area (Å²) in [7, 11) is 0. The van der Waals surface area contributed by atoms with Crippen molar-refractivity contribution in [3.8, 4) is 0 Å². The SMILES string of the molecule is CCC(C)C(NC(=O)c1ccc2c(c1)CCCN2)C(=O)O. The summed E-state index contributed by atoms with van der Waals surface area (Å²) in [5.74, 6) is -1.42. The number of carboxylic acid groups (broad SMARTS) is 1. The molecule has 1 heterocycles. The lowest BCUT2D eigenvalue weighted by atomic mass is 9.97. The van der Waals surface area contributed by atoms with Crippen molar-refractivity contribution in [2.45, 2.75) is 39.2 Å². The Labute approximate surface area is 124 Å². The van der Waals surface area contributed by atoms with Crippen molar-refractivity contribution in [3.63, 3.8) is 0 Å². The lowest BCUT2D eigenvalue weighted by Crippen LogP contribution is -2.45. The number of hydrogen-bond acceptors (Lipinski definition) is 3. The Hall–Kier alpha value is -2.04. The highest BCUT2D eigenvalue weighted by atomic mass is 16.4. The average molecular weight is 290 g/mol. The summed E-state index contributed by atoms with van der Waals surface area (Å²) in [4.78, 5) is 23.5. The fourth-order valence-electron chi connectivity index (χ4n) is 2.52. The number of amides is 1. The molecule has 5 nitrogen and oxygen atoms in total. The van der Waals surface area contributed by atoms with Crippen molar-refractivity contribution >= 4 is 17.6 Å². The number of carbonyl (C=O) groups excluding carboxylic acids is 1. The van der Waals surface area contributed by atoms with Crippen LogP contribution in [0.15, 0.2) is 18.2 Å². The van der Waals surface area contributed by atoms with Gasteiger partial charge in [-0.05, 0) is 42.5 Å². The molecule has 21 heavy (non-hydrogen) atoms. The van der Waals surface area contributed by atoms with E-state index in [0.29, 0.717) is 12.0 Å². The smallest absolute Gasteiger partial charge is 0.326 e. The van der Waals surface area contributed by atoms with E-state index < -0.39 is 12.0 Å². The lowest BCUT2D eigenvalue weighted by molar-refractivity contribution is -0.140. The molecule has 0 saturated heterocycles. The largest absolute Gasteiger partial charge is 0.480 e. The van der Waals surface area contributed by atoms with Crippen molar-refractivity contribution < 1.29 is 14.7 Å². The summed E-state index contributed by atoms with van der Waals surface area (Å²) in [5.41, 5.74) is 2.70. The number of aliphatic carboxylic acids is 1. The summed E-state index contributed by atoms with van der Waals surface area (Å²) >= 11 is 0. The molecule has 0 aromatic heterocycles. The van der Waals surface area contributed by atoms with E-state index >= 15 is 0 Å². The third kappa shape index (κ3) is 3.54. The summed E-state index contributed by atoms with van der Waals surface area (Å²) in [5, 5.41) is 15.2. The van der Waals surface area contributed by atoms with Gasteiger partial charge in [-0.1, -0.05) is 20.3 Å². The van der Waals surface area contributed by atoms with E-state index in [-0.39, 0.29) is 11.8 Å². The number of fused-ring (bicyclic) bond motifs is 1. The molecule has 5 heteroatoms. The minimum Gasteiger partial charge on any atom is -0.480 e. The van der Waals surface area contributed by atoms with E-state index in [0.717, 1.165) is 30.6 Å². The first kappa shape index (κ1) is 15.4. The summed E-state index contributed by atoms with van der Waals surface area (Å²) < 4.78 is 0. The molecule has 1 aromatic carbocycles. The molecule has 0 aliphatic carbocycles. The van der Waals surface area contributed by atoms with Crippen LogP contribution in [0.5, 0.6) is 0 Å². The molecule has 0 bridgehead atoms. The maximum atomic E-state index is 12.3. The Morgan fingerprint density at radius 2 is 2.19 bits per heavy atom. The second-order valence-electron chi connectivity index (χ2n) is 5.58. The Morgan fingerprint density at radius 1 is 1.43 bits per heavy atom. The first-order chi connectivity index (χ1) is 10.0. The fourth-order valence-corrected chi connectivity index (χ4v) is 2.52. The van der Waals surface area contributed by atoms with Crippen LogP contribution in [0.25, 0.3) is 0 Å². The minimum atomic E-state index is -0.989. The molecule has 0 radical (unpaired) electrons. The molecule has 2 unspecified atom stereocenters. The van der Waals surface area contributed by atoms with Gasteiger partial charge in [-0.15, -0.1) is 0 Å². The first-order valence-corrected chi connectivity index (χ1v) is 7.43. The van der Waals surface area contributed by atoms with E-state index in [1.807, 2.05) is 26.0 Å². The van der Waals surface area contributed by atoms with Gasteiger partial charge < -0.3 is 15.7 Å². The molecule has 1 aromatic rings. The quantitative estimate of drug-likeness (QED) is 0.777. The summed E-state index contributed by atoms with van der Waals surface area (Å²) in [6.45, 7) is 4.70. The molecule has 3 N–H and O–H groups in total. The predicted octanol–water partition coefficient (Wildman–Crippen LogP) is 2.27. The summed E-state index contributed by atoms with van der Waals surface area (Å²) in [6.07, 6.45) is 2.69. The molecule has 0 spiro atoms. The highest BCUT2D eigenvalue weighted by molar-refractivity contribution is 5.97. The van der Waals surface area contributed by atoms with Crippen LogP contribution in [-0.2, 0) is 11.2 Å². The van der Waals surface area contributed by atoms with Crippen LogP contribution < -0.4 is 10.6 Å². The van der Waals surface area contributed by atoms with Crippen molar-refractivity contribution in [3.05, 3.63) is 29.3 Å². The molecule has 2 rings (SSSR count). The zero-order valence-electron chi connectivity index (χ0n) is 12.5. The number of rotatable bonds is 5. The van der Waals surface area contributed by atoms with Gasteiger partial charge in [-0.3, -0.25) is 4.79 Å². The van der Waals surface area contributed by atoms with E-state index in [1.165, 1.54) is 0 Å². The van der Waals surface area contributed by atoms with Gasteiger partial charge in [0.1, 0.15) is 6.04 Å². The number of nitrogens with one attached hydrogen (secondary N) is 2.